The normalized spacial score (nSPS) is 26.4. The van der Waals surface area contributed by atoms with Crippen molar-refractivity contribution in [3.05, 3.63) is 11.6 Å². The lowest BCUT2D eigenvalue weighted by atomic mass is 10.0. The fourth-order valence-corrected chi connectivity index (χ4v) is 1.92. The highest BCUT2D eigenvalue weighted by molar-refractivity contribution is 7.87. The molecule has 1 aliphatic carbocycles. The molecule has 0 radical (unpaired) electrons. The first-order valence-electron chi connectivity index (χ1n) is 3.59. The zero-order chi connectivity index (χ0) is 8.48. The third-order valence-electron chi connectivity index (χ3n) is 1.99. The number of allylic oxidation sites excluding steroid dienone is 2. The number of rotatable bonds is 1. The summed E-state index contributed by atoms with van der Waals surface area (Å²) in [6.07, 6.45) is 3.27. The molecule has 0 bridgehead atoms. The van der Waals surface area contributed by atoms with Gasteiger partial charge in [-0.25, -0.2) is 0 Å². The van der Waals surface area contributed by atoms with Crippen molar-refractivity contribution in [1.82, 2.24) is 0 Å². The van der Waals surface area contributed by atoms with Gasteiger partial charge in [-0.2, -0.15) is 8.42 Å². The Kier molecular flexibility index (Phi) is 2.32. The smallest absolute Gasteiger partial charge is 0.195 e. The van der Waals surface area contributed by atoms with Crippen LogP contribution >= 0.6 is 0 Å². The summed E-state index contributed by atoms with van der Waals surface area (Å²) < 4.78 is 33.1. The number of hydrogen-bond acceptors (Lipinski definition) is 2. The molecule has 0 aromatic heterocycles. The molecule has 0 saturated carbocycles. The zero-order valence-corrected chi connectivity index (χ0v) is 7.20. The fraction of sp³-hybridized carbons (Fsp3) is 0.714. The van der Waals surface area contributed by atoms with Gasteiger partial charge >= 0.3 is 10.2 Å². The van der Waals surface area contributed by atoms with E-state index in [0.717, 1.165) is 5.57 Å². The summed E-state index contributed by atoms with van der Waals surface area (Å²) in [6.45, 7) is 1.93. The predicted molar refractivity (Wildman–Crippen MR) is 41.4 cm³/mol. The van der Waals surface area contributed by atoms with Gasteiger partial charge in [-0.15, -0.1) is 3.89 Å². The first kappa shape index (κ1) is 8.71. The summed E-state index contributed by atoms with van der Waals surface area (Å²) in [5.74, 6) is 0. The molecule has 1 atom stereocenters. The molecule has 0 aliphatic heterocycles. The highest BCUT2D eigenvalue weighted by Crippen LogP contribution is 2.23. The van der Waals surface area contributed by atoms with Crippen molar-refractivity contribution in [1.29, 1.82) is 0 Å². The van der Waals surface area contributed by atoms with Gasteiger partial charge in [0.25, 0.3) is 0 Å². The SMILES string of the molecule is CC1=CCC(S(=O)(=O)F)CC1. The Balaban J connectivity index is 2.69. The summed E-state index contributed by atoms with van der Waals surface area (Å²) in [5.41, 5.74) is 1.16. The van der Waals surface area contributed by atoms with Gasteiger partial charge in [-0.3, -0.25) is 0 Å². The molecule has 1 unspecified atom stereocenters. The Morgan fingerprint density at radius 1 is 1.64 bits per heavy atom. The minimum atomic E-state index is -4.29. The van der Waals surface area contributed by atoms with E-state index in [0.29, 0.717) is 19.3 Å². The first-order valence-corrected chi connectivity index (χ1v) is 5.04. The van der Waals surface area contributed by atoms with Gasteiger partial charge < -0.3 is 0 Å². The summed E-state index contributed by atoms with van der Waals surface area (Å²) in [6, 6.07) is 0. The number of halogens is 1. The molecule has 2 nitrogen and oxygen atoms in total. The van der Waals surface area contributed by atoms with E-state index in [-0.39, 0.29) is 0 Å². The summed E-state index contributed by atoms with van der Waals surface area (Å²) in [7, 11) is -4.29. The van der Waals surface area contributed by atoms with Gasteiger partial charge in [0.15, 0.2) is 0 Å². The van der Waals surface area contributed by atoms with Gasteiger partial charge in [-0.05, 0) is 26.2 Å². The van der Waals surface area contributed by atoms with Crippen LogP contribution in [0.15, 0.2) is 11.6 Å². The molecule has 4 heteroatoms. The van der Waals surface area contributed by atoms with Crippen LogP contribution < -0.4 is 0 Å². The van der Waals surface area contributed by atoms with Crippen molar-refractivity contribution in [2.24, 2.45) is 0 Å². The maximum atomic E-state index is 12.3. The second-order valence-corrected chi connectivity index (χ2v) is 4.54. The molecule has 1 rings (SSSR count). The molecule has 0 N–H and O–H groups in total. The summed E-state index contributed by atoms with van der Waals surface area (Å²) in [4.78, 5) is 0. The molecular weight excluding hydrogens is 167 g/mol. The molecule has 0 spiro atoms. The van der Waals surface area contributed by atoms with E-state index >= 15 is 0 Å². The van der Waals surface area contributed by atoms with Crippen molar-refractivity contribution in [3.8, 4) is 0 Å². The Morgan fingerprint density at radius 3 is 2.64 bits per heavy atom. The van der Waals surface area contributed by atoms with Crippen LogP contribution in [0.1, 0.15) is 26.2 Å². The zero-order valence-electron chi connectivity index (χ0n) is 6.38. The largest absolute Gasteiger partial charge is 0.305 e. The van der Waals surface area contributed by atoms with E-state index < -0.39 is 15.5 Å². The Bertz CT molecular complexity index is 266. The molecular formula is C7H11FO2S. The van der Waals surface area contributed by atoms with E-state index in [1.807, 2.05) is 6.92 Å². The third-order valence-corrected chi connectivity index (χ3v) is 3.21. The van der Waals surface area contributed by atoms with Crippen molar-refractivity contribution >= 4 is 10.2 Å². The average molecular weight is 178 g/mol. The van der Waals surface area contributed by atoms with Gasteiger partial charge in [-0.1, -0.05) is 11.6 Å². The minimum Gasteiger partial charge on any atom is -0.195 e. The molecule has 0 heterocycles. The van der Waals surface area contributed by atoms with Crippen molar-refractivity contribution in [3.63, 3.8) is 0 Å². The molecule has 11 heavy (non-hydrogen) atoms. The van der Waals surface area contributed by atoms with Crippen molar-refractivity contribution in [2.75, 3.05) is 0 Å². The Labute approximate surface area is 66.3 Å². The van der Waals surface area contributed by atoms with Crippen LogP contribution in [-0.4, -0.2) is 13.7 Å². The quantitative estimate of drug-likeness (QED) is 0.453. The molecule has 64 valence electrons. The first-order chi connectivity index (χ1) is 5.00. The molecule has 0 aromatic rings. The molecule has 0 saturated heterocycles. The van der Waals surface area contributed by atoms with E-state index in [1.54, 1.807) is 6.08 Å². The van der Waals surface area contributed by atoms with Gasteiger partial charge in [0.05, 0.1) is 5.25 Å². The predicted octanol–water partition coefficient (Wildman–Crippen LogP) is 1.78. The van der Waals surface area contributed by atoms with Crippen LogP contribution in [0.3, 0.4) is 0 Å². The minimum absolute atomic E-state index is 0.338. The monoisotopic (exact) mass is 178 g/mol. The summed E-state index contributed by atoms with van der Waals surface area (Å²) in [5, 5.41) is -0.786. The van der Waals surface area contributed by atoms with E-state index in [9.17, 15) is 12.3 Å². The van der Waals surface area contributed by atoms with Crippen LogP contribution in [0.2, 0.25) is 0 Å². The lowest BCUT2D eigenvalue weighted by molar-refractivity contribution is 0.521. The molecule has 0 fully saturated rings. The number of hydrogen-bond donors (Lipinski definition) is 0. The van der Waals surface area contributed by atoms with E-state index in [4.69, 9.17) is 0 Å². The van der Waals surface area contributed by atoms with E-state index in [2.05, 4.69) is 0 Å². The fourth-order valence-electron chi connectivity index (χ4n) is 1.20. The van der Waals surface area contributed by atoms with Crippen LogP contribution in [-0.2, 0) is 10.2 Å². The Morgan fingerprint density at radius 2 is 2.27 bits per heavy atom. The van der Waals surface area contributed by atoms with Crippen LogP contribution in [0, 0.1) is 0 Å². The maximum Gasteiger partial charge on any atom is 0.305 e. The molecule has 1 aliphatic rings. The highest BCUT2D eigenvalue weighted by atomic mass is 32.3. The van der Waals surface area contributed by atoms with Gasteiger partial charge in [0.2, 0.25) is 0 Å². The average Bonchev–Trinajstić information content (AvgIpc) is 1.86. The lowest BCUT2D eigenvalue weighted by Crippen LogP contribution is -2.18. The maximum absolute atomic E-state index is 12.3. The lowest BCUT2D eigenvalue weighted by Gasteiger charge is -2.15. The highest BCUT2D eigenvalue weighted by Gasteiger charge is 2.25. The topological polar surface area (TPSA) is 34.1 Å². The van der Waals surface area contributed by atoms with Crippen LogP contribution in [0.5, 0.6) is 0 Å². The standard InChI is InChI=1S/C7H11FO2S/c1-6-2-4-7(5-3-6)11(8,9)10/h2,7H,3-5H2,1H3. The van der Waals surface area contributed by atoms with Gasteiger partial charge in [0.1, 0.15) is 0 Å². The molecule has 0 amide bonds. The molecule has 0 aromatic carbocycles. The second-order valence-electron chi connectivity index (χ2n) is 2.92. The Hall–Kier alpha value is -0.380. The third kappa shape index (κ3) is 2.29. The van der Waals surface area contributed by atoms with Crippen LogP contribution in [0.4, 0.5) is 3.89 Å². The van der Waals surface area contributed by atoms with Crippen molar-refractivity contribution in [2.45, 2.75) is 31.4 Å². The van der Waals surface area contributed by atoms with Gasteiger partial charge in [0, 0.05) is 0 Å². The summed E-state index contributed by atoms with van der Waals surface area (Å²) >= 11 is 0. The second kappa shape index (κ2) is 2.93. The van der Waals surface area contributed by atoms with Crippen molar-refractivity contribution < 1.29 is 12.3 Å². The van der Waals surface area contributed by atoms with Crippen LogP contribution in [0.25, 0.3) is 0 Å². The van der Waals surface area contributed by atoms with E-state index in [1.165, 1.54) is 0 Å².